The van der Waals surface area contributed by atoms with Crippen LogP contribution in [0, 0.1) is 6.08 Å². The number of halogens is 2. The van der Waals surface area contributed by atoms with Gasteiger partial charge in [0, 0.05) is 39.8 Å². The van der Waals surface area contributed by atoms with Gasteiger partial charge in [0.25, 0.3) is 0 Å². The van der Waals surface area contributed by atoms with E-state index >= 15 is 0 Å². The summed E-state index contributed by atoms with van der Waals surface area (Å²) in [7, 11) is 1.77. The summed E-state index contributed by atoms with van der Waals surface area (Å²) in [6.07, 6.45) is 5.84. The molecule has 1 amide bonds. The molecular weight excluding hydrogens is 495 g/mol. The van der Waals surface area contributed by atoms with Gasteiger partial charge in [0.15, 0.2) is 0 Å². The molecule has 1 aliphatic heterocycles. The maximum Gasteiger partial charge on any atom is 0.236 e. The zero-order valence-electron chi connectivity index (χ0n) is 11.7. The molecule has 1 aromatic rings. The molecule has 1 atom stereocenters. The first-order valence-electron chi connectivity index (χ1n) is 5.98. The van der Waals surface area contributed by atoms with E-state index in [0.717, 1.165) is 21.5 Å². The Labute approximate surface area is 171 Å². The Morgan fingerprint density at radius 3 is 2.86 bits per heavy atom. The molecule has 0 aliphatic carbocycles. The number of hydrogen-bond acceptors (Lipinski definition) is 3. The summed E-state index contributed by atoms with van der Waals surface area (Å²) < 4.78 is 6.45. The average molecular weight is 509 g/mol. The van der Waals surface area contributed by atoms with Crippen LogP contribution in [0.4, 0.5) is 0 Å². The van der Waals surface area contributed by atoms with Crippen LogP contribution >= 0.6 is 43.6 Å². The van der Waals surface area contributed by atoms with Crippen molar-refractivity contribution in [1.29, 1.82) is 0 Å². The van der Waals surface area contributed by atoms with E-state index in [-0.39, 0.29) is 43.4 Å². The van der Waals surface area contributed by atoms with E-state index in [0.29, 0.717) is 12.4 Å². The fourth-order valence-electron chi connectivity index (χ4n) is 1.89. The van der Waals surface area contributed by atoms with Crippen LogP contribution in [0.5, 0.6) is 5.75 Å². The van der Waals surface area contributed by atoms with Gasteiger partial charge in [0.2, 0.25) is 5.91 Å². The Morgan fingerprint density at radius 2 is 2.24 bits per heavy atom. The van der Waals surface area contributed by atoms with Crippen molar-refractivity contribution in [2.45, 2.75) is 11.2 Å². The van der Waals surface area contributed by atoms with Gasteiger partial charge in [0.05, 0.1) is 4.83 Å². The van der Waals surface area contributed by atoms with Crippen LogP contribution in [0.2, 0.25) is 0 Å². The summed E-state index contributed by atoms with van der Waals surface area (Å²) in [6, 6.07) is 5.77. The van der Waals surface area contributed by atoms with Crippen LogP contribution in [-0.4, -0.2) is 34.9 Å². The third-order valence-electron chi connectivity index (χ3n) is 2.92. The third kappa shape index (κ3) is 4.81. The monoisotopic (exact) mass is 507 g/mol. The fourth-order valence-corrected chi connectivity index (χ4v) is 3.16. The summed E-state index contributed by atoms with van der Waals surface area (Å²) in [5, 5.41) is 0. The molecule has 1 aliphatic rings. The van der Waals surface area contributed by atoms with E-state index in [9.17, 15) is 4.79 Å². The second-order valence-corrected chi connectivity index (χ2v) is 7.06. The second-order valence-electron chi connectivity index (χ2n) is 4.29. The Morgan fingerprint density at radius 1 is 1.52 bits per heavy atom. The number of allylic oxidation sites excluding steroid dienone is 1. The molecular formula is C14H14Br2NO2SY-. The zero-order chi connectivity index (χ0) is 14.7. The molecule has 0 saturated heterocycles. The van der Waals surface area contributed by atoms with Crippen LogP contribution in [-0.2, 0) is 37.5 Å². The molecule has 0 N–H and O–H groups in total. The molecule has 0 bridgehead atoms. The number of alkyl halides is 1. The van der Waals surface area contributed by atoms with Crippen molar-refractivity contribution >= 4 is 55.2 Å². The molecule has 0 saturated carbocycles. The SMILES string of the molecule is CSCOc1ccc(C2=[C-]CC(Br)C(=O)N2C)c(Br)c1.[Y]. The number of carbonyl (C=O) groups is 1. The predicted octanol–water partition coefficient (Wildman–Crippen LogP) is 3.92. The second kappa shape index (κ2) is 9.07. The number of carbonyl (C=O) groups excluding carboxylic acids is 1. The number of rotatable bonds is 4. The molecule has 2 rings (SSSR count). The Kier molecular flexibility index (Phi) is 8.50. The first-order valence-corrected chi connectivity index (χ1v) is 9.09. The van der Waals surface area contributed by atoms with Crippen LogP contribution in [0.3, 0.4) is 0 Å². The normalized spacial score (nSPS) is 18.1. The number of hydrogen-bond donors (Lipinski definition) is 0. The fraction of sp³-hybridized carbons (Fsp3) is 0.357. The molecule has 1 unspecified atom stereocenters. The number of thioether (sulfide) groups is 1. The first kappa shape index (κ1) is 19.7. The predicted molar refractivity (Wildman–Crippen MR) is 89.9 cm³/mol. The van der Waals surface area contributed by atoms with Crippen molar-refractivity contribution in [3.63, 3.8) is 0 Å². The van der Waals surface area contributed by atoms with Gasteiger partial charge in [-0.1, -0.05) is 42.8 Å². The van der Waals surface area contributed by atoms with Gasteiger partial charge in [-0.25, -0.2) is 6.08 Å². The van der Waals surface area contributed by atoms with Crippen molar-refractivity contribution < 1.29 is 42.2 Å². The minimum atomic E-state index is -0.181. The van der Waals surface area contributed by atoms with E-state index in [1.807, 2.05) is 24.5 Å². The molecule has 3 nitrogen and oxygen atoms in total. The summed E-state index contributed by atoms with van der Waals surface area (Å²) in [5.74, 6) is 1.47. The van der Waals surface area contributed by atoms with Crippen LogP contribution < -0.4 is 4.74 Å². The van der Waals surface area contributed by atoms with Crippen LogP contribution in [0.15, 0.2) is 22.7 Å². The number of benzene rings is 1. The minimum Gasteiger partial charge on any atom is -0.483 e. The third-order valence-corrected chi connectivity index (χ3v) is 4.65. The van der Waals surface area contributed by atoms with Crippen molar-refractivity contribution in [3.8, 4) is 5.75 Å². The molecule has 21 heavy (non-hydrogen) atoms. The molecule has 7 heteroatoms. The van der Waals surface area contributed by atoms with Crippen molar-refractivity contribution in [2.75, 3.05) is 19.2 Å². The largest absolute Gasteiger partial charge is 0.483 e. The summed E-state index contributed by atoms with van der Waals surface area (Å²) in [6.45, 7) is 0. The standard InChI is InChI=1S/C14H14Br2NO2S.Y/c1-17-13(6-5-11(15)14(17)18)10-4-3-9(7-12(10)16)19-8-20-2;/h3-4,7,11H,5,8H2,1-2H3;/q-1;. The summed E-state index contributed by atoms with van der Waals surface area (Å²) >= 11 is 8.51. The van der Waals surface area contributed by atoms with E-state index in [4.69, 9.17) is 4.74 Å². The number of amides is 1. The van der Waals surface area contributed by atoms with Gasteiger partial charge in [0.1, 0.15) is 11.7 Å². The van der Waals surface area contributed by atoms with Gasteiger partial charge in [-0.2, -0.15) is 0 Å². The Bertz CT molecular complexity index is 554. The maximum atomic E-state index is 12.0. The minimum absolute atomic E-state index is 0. The first-order chi connectivity index (χ1) is 9.54. The van der Waals surface area contributed by atoms with Gasteiger partial charge in [-0.3, -0.25) is 4.79 Å². The molecule has 1 radical (unpaired) electrons. The van der Waals surface area contributed by atoms with Crippen molar-refractivity contribution in [2.24, 2.45) is 0 Å². The molecule has 0 spiro atoms. The molecule has 1 aromatic carbocycles. The van der Waals surface area contributed by atoms with Gasteiger partial charge < -0.3 is 9.64 Å². The summed E-state index contributed by atoms with van der Waals surface area (Å²) in [4.78, 5) is 13.5. The van der Waals surface area contributed by atoms with Crippen LogP contribution in [0.1, 0.15) is 12.0 Å². The van der Waals surface area contributed by atoms with Gasteiger partial charge in [-0.15, -0.1) is 29.1 Å². The smallest absolute Gasteiger partial charge is 0.236 e. The zero-order valence-corrected chi connectivity index (χ0v) is 18.6. The molecule has 1 heterocycles. The molecule has 0 aromatic heterocycles. The quantitative estimate of drug-likeness (QED) is 0.351. The topological polar surface area (TPSA) is 29.5 Å². The van der Waals surface area contributed by atoms with Crippen molar-refractivity contribution in [1.82, 2.24) is 4.90 Å². The van der Waals surface area contributed by atoms with E-state index in [1.54, 1.807) is 23.7 Å². The van der Waals surface area contributed by atoms with Gasteiger partial charge in [-0.05, 0) is 18.4 Å². The van der Waals surface area contributed by atoms with E-state index < -0.39 is 0 Å². The molecule has 111 valence electrons. The van der Waals surface area contributed by atoms with Crippen molar-refractivity contribution in [3.05, 3.63) is 34.3 Å². The molecule has 0 fully saturated rings. The van der Waals surface area contributed by atoms with E-state index in [1.165, 1.54) is 0 Å². The number of nitrogens with zero attached hydrogens (tertiary/aromatic N) is 1. The van der Waals surface area contributed by atoms with E-state index in [2.05, 4.69) is 37.9 Å². The Hall–Kier alpha value is 0.644. The average Bonchev–Trinajstić information content (AvgIpc) is 2.44. The van der Waals surface area contributed by atoms with Crippen LogP contribution in [0.25, 0.3) is 5.70 Å². The van der Waals surface area contributed by atoms with Gasteiger partial charge >= 0.3 is 0 Å². The number of ether oxygens (including phenoxy) is 1. The Balaban J connectivity index is 0.00000220. The maximum absolute atomic E-state index is 12.0. The summed E-state index contributed by atoms with van der Waals surface area (Å²) in [5.41, 5.74) is 1.74.